The molecule has 2 saturated carbocycles. The van der Waals surface area contributed by atoms with Crippen molar-refractivity contribution in [3.05, 3.63) is 0 Å². The maximum absolute atomic E-state index is 3.83. The molecule has 1 heteroatoms. The molecule has 0 saturated heterocycles. The van der Waals surface area contributed by atoms with Gasteiger partial charge in [-0.1, -0.05) is 60.9 Å². The van der Waals surface area contributed by atoms with Gasteiger partial charge in [-0.05, 0) is 37.0 Å². The molecule has 0 radical (unpaired) electrons. The summed E-state index contributed by atoms with van der Waals surface area (Å²) in [4.78, 5) is 0. The first-order chi connectivity index (χ1) is 7.37. The predicted molar refractivity (Wildman–Crippen MR) is 70.5 cm³/mol. The molecule has 0 aromatic rings. The standard InChI is InChI=1S/C14H25Br/c15-12-14(10-6-3-7-11-14)13-8-4-1-2-5-9-13/h13H,1-12H2. The third-order valence-electron chi connectivity index (χ3n) is 4.84. The largest absolute Gasteiger partial charge is 0.0922 e. The Kier molecular flexibility index (Phi) is 4.54. The van der Waals surface area contributed by atoms with Crippen molar-refractivity contribution in [2.75, 3.05) is 5.33 Å². The summed E-state index contributed by atoms with van der Waals surface area (Å²) in [5.41, 5.74) is 0.697. The lowest BCUT2D eigenvalue weighted by molar-refractivity contribution is 0.113. The van der Waals surface area contributed by atoms with Gasteiger partial charge in [0.05, 0.1) is 0 Å². The quantitative estimate of drug-likeness (QED) is 0.473. The Hall–Kier alpha value is 0.480. The molecule has 0 heterocycles. The lowest BCUT2D eigenvalue weighted by Crippen LogP contribution is -2.34. The minimum atomic E-state index is 0.697. The topological polar surface area (TPSA) is 0 Å². The summed E-state index contributed by atoms with van der Waals surface area (Å²) in [6.07, 6.45) is 16.5. The van der Waals surface area contributed by atoms with Crippen LogP contribution in [0, 0.1) is 11.3 Å². The monoisotopic (exact) mass is 272 g/mol. The van der Waals surface area contributed by atoms with Crippen molar-refractivity contribution in [2.45, 2.75) is 70.6 Å². The number of alkyl halides is 1. The van der Waals surface area contributed by atoms with Gasteiger partial charge in [0.15, 0.2) is 0 Å². The highest BCUT2D eigenvalue weighted by Gasteiger charge is 2.38. The summed E-state index contributed by atoms with van der Waals surface area (Å²) >= 11 is 3.83. The van der Waals surface area contributed by atoms with Gasteiger partial charge in [0.1, 0.15) is 0 Å². The third-order valence-corrected chi connectivity index (χ3v) is 5.95. The van der Waals surface area contributed by atoms with E-state index in [4.69, 9.17) is 0 Å². The van der Waals surface area contributed by atoms with E-state index in [2.05, 4.69) is 15.9 Å². The van der Waals surface area contributed by atoms with Gasteiger partial charge in [0.2, 0.25) is 0 Å². The van der Waals surface area contributed by atoms with E-state index >= 15 is 0 Å². The maximum atomic E-state index is 3.83. The number of halogens is 1. The van der Waals surface area contributed by atoms with Crippen LogP contribution in [0.2, 0.25) is 0 Å². The van der Waals surface area contributed by atoms with Crippen molar-refractivity contribution in [1.29, 1.82) is 0 Å². The Morgan fingerprint density at radius 3 is 1.87 bits per heavy atom. The molecule has 0 aliphatic heterocycles. The molecule has 0 aromatic heterocycles. The Labute approximate surface area is 103 Å². The normalized spacial score (nSPS) is 28.6. The van der Waals surface area contributed by atoms with Crippen molar-refractivity contribution >= 4 is 15.9 Å². The van der Waals surface area contributed by atoms with Crippen LogP contribution in [-0.2, 0) is 0 Å². The van der Waals surface area contributed by atoms with Crippen molar-refractivity contribution in [3.63, 3.8) is 0 Å². The fourth-order valence-corrected chi connectivity index (χ4v) is 4.82. The van der Waals surface area contributed by atoms with Crippen molar-refractivity contribution in [1.82, 2.24) is 0 Å². The van der Waals surface area contributed by atoms with Crippen LogP contribution < -0.4 is 0 Å². The zero-order chi connectivity index (χ0) is 10.6. The fourth-order valence-electron chi connectivity index (χ4n) is 3.80. The highest BCUT2D eigenvalue weighted by molar-refractivity contribution is 9.09. The van der Waals surface area contributed by atoms with E-state index in [1.807, 2.05) is 0 Å². The van der Waals surface area contributed by atoms with Crippen LogP contribution in [0.3, 0.4) is 0 Å². The summed E-state index contributed by atoms with van der Waals surface area (Å²) in [7, 11) is 0. The Morgan fingerprint density at radius 1 is 0.800 bits per heavy atom. The average Bonchev–Trinajstić information content (AvgIpc) is 2.59. The number of rotatable bonds is 2. The first-order valence-corrected chi connectivity index (χ1v) is 8.05. The molecule has 0 nitrogen and oxygen atoms in total. The van der Waals surface area contributed by atoms with Gasteiger partial charge in [-0.3, -0.25) is 0 Å². The van der Waals surface area contributed by atoms with Gasteiger partial charge in [0.25, 0.3) is 0 Å². The van der Waals surface area contributed by atoms with Gasteiger partial charge < -0.3 is 0 Å². The summed E-state index contributed by atoms with van der Waals surface area (Å²) in [5.74, 6) is 1.04. The van der Waals surface area contributed by atoms with Gasteiger partial charge in [-0.15, -0.1) is 0 Å². The van der Waals surface area contributed by atoms with Gasteiger partial charge in [0, 0.05) is 5.33 Å². The van der Waals surface area contributed by atoms with E-state index in [0.717, 1.165) is 5.92 Å². The summed E-state index contributed by atoms with van der Waals surface area (Å²) < 4.78 is 0. The highest BCUT2D eigenvalue weighted by Crippen LogP contribution is 2.48. The molecule has 0 amide bonds. The SMILES string of the molecule is BrCC1(C2CCCCCC2)CCCCC1. The van der Waals surface area contributed by atoms with Crippen LogP contribution in [0.15, 0.2) is 0 Å². The van der Waals surface area contributed by atoms with E-state index in [-0.39, 0.29) is 0 Å². The second-order valence-electron chi connectivity index (χ2n) is 5.75. The van der Waals surface area contributed by atoms with E-state index < -0.39 is 0 Å². The van der Waals surface area contributed by atoms with Crippen LogP contribution in [0.5, 0.6) is 0 Å². The van der Waals surface area contributed by atoms with E-state index in [0.29, 0.717) is 5.41 Å². The van der Waals surface area contributed by atoms with Crippen molar-refractivity contribution in [2.24, 2.45) is 11.3 Å². The van der Waals surface area contributed by atoms with Crippen LogP contribution in [0.4, 0.5) is 0 Å². The Morgan fingerprint density at radius 2 is 1.33 bits per heavy atom. The van der Waals surface area contributed by atoms with Gasteiger partial charge >= 0.3 is 0 Å². The molecule has 2 rings (SSSR count). The van der Waals surface area contributed by atoms with E-state index in [9.17, 15) is 0 Å². The zero-order valence-corrected chi connectivity index (χ0v) is 11.5. The minimum Gasteiger partial charge on any atom is -0.0922 e. The second kappa shape index (κ2) is 5.70. The molecule has 0 spiro atoms. The maximum Gasteiger partial charge on any atom is 0.00906 e. The average molecular weight is 273 g/mol. The summed E-state index contributed by atoms with van der Waals surface area (Å²) in [6.45, 7) is 0. The van der Waals surface area contributed by atoms with Gasteiger partial charge in [-0.25, -0.2) is 0 Å². The molecule has 0 bridgehead atoms. The smallest absolute Gasteiger partial charge is 0.00906 e. The second-order valence-corrected chi connectivity index (χ2v) is 6.31. The molecule has 0 atom stereocenters. The van der Waals surface area contributed by atoms with E-state index in [1.54, 1.807) is 0 Å². The fraction of sp³-hybridized carbons (Fsp3) is 1.00. The van der Waals surface area contributed by atoms with Crippen molar-refractivity contribution in [3.8, 4) is 0 Å². The zero-order valence-electron chi connectivity index (χ0n) is 9.94. The first kappa shape index (κ1) is 12.0. The summed E-state index contributed by atoms with van der Waals surface area (Å²) in [6, 6.07) is 0. The third kappa shape index (κ3) is 2.78. The summed E-state index contributed by atoms with van der Waals surface area (Å²) in [5, 5.41) is 1.27. The van der Waals surface area contributed by atoms with Crippen molar-refractivity contribution < 1.29 is 0 Å². The lowest BCUT2D eigenvalue weighted by Gasteiger charge is -2.42. The number of hydrogen-bond acceptors (Lipinski definition) is 0. The minimum absolute atomic E-state index is 0.697. The van der Waals surface area contributed by atoms with Gasteiger partial charge in [-0.2, -0.15) is 0 Å². The molecule has 15 heavy (non-hydrogen) atoms. The van der Waals surface area contributed by atoms with Crippen LogP contribution in [-0.4, -0.2) is 5.33 Å². The Bertz CT molecular complexity index is 174. The molecule has 0 N–H and O–H groups in total. The van der Waals surface area contributed by atoms with Crippen LogP contribution in [0.1, 0.15) is 70.6 Å². The highest BCUT2D eigenvalue weighted by atomic mass is 79.9. The molecular formula is C14H25Br. The predicted octanol–water partition coefficient (Wildman–Crippen LogP) is 5.30. The molecular weight excluding hydrogens is 248 g/mol. The molecule has 2 fully saturated rings. The lowest BCUT2D eigenvalue weighted by atomic mass is 9.65. The Balaban J connectivity index is 2.01. The molecule has 88 valence electrons. The van der Waals surface area contributed by atoms with Crippen LogP contribution >= 0.6 is 15.9 Å². The van der Waals surface area contributed by atoms with Crippen LogP contribution in [0.25, 0.3) is 0 Å². The molecule has 2 aliphatic rings. The first-order valence-electron chi connectivity index (χ1n) is 6.93. The molecule has 0 aromatic carbocycles. The number of hydrogen-bond donors (Lipinski definition) is 0. The molecule has 0 unspecified atom stereocenters. The van der Waals surface area contributed by atoms with E-state index in [1.165, 1.54) is 76.0 Å². The molecule has 2 aliphatic carbocycles.